The molecule has 6 nitrogen and oxygen atoms in total. The molecule has 6 aromatic carbocycles. The largest absolute Gasteiger partial charge is 0.357 e. The molecule has 8 aromatic rings. The number of benzene rings is 6. The number of aliphatic imine (C=N–C) groups is 2. The lowest BCUT2D eigenvalue weighted by molar-refractivity contribution is 0.0949. The molecule has 2 spiro atoms. The first-order chi connectivity index (χ1) is 32.0. The van der Waals surface area contributed by atoms with Gasteiger partial charge in [-0.25, -0.2) is 0 Å². The van der Waals surface area contributed by atoms with Crippen molar-refractivity contribution in [2.24, 2.45) is 9.98 Å². The number of hydrogen-bond donors (Lipinski definition) is 2. The first-order valence-electron chi connectivity index (χ1n) is 22.7. The van der Waals surface area contributed by atoms with E-state index in [4.69, 9.17) is 9.98 Å². The average molecular weight is 853 g/mol. The number of aryl methyl sites for hydroxylation is 6. The summed E-state index contributed by atoms with van der Waals surface area (Å²) >= 11 is 0. The summed E-state index contributed by atoms with van der Waals surface area (Å²) in [7, 11) is 0. The summed E-state index contributed by atoms with van der Waals surface area (Å²) in [5.41, 5.74) is 17.0. The van der Waals surface area contributed by atoms with Gasteiger partial charge < -0.3 is 9.97 Å². The van der Waals surface area contributed by atoms with Gasteiger partial charge in [-0.1, -0.05) is 108 Å². The van der Waals surface area contributed by atoms with Crippen LogP contribution in [0.1, 0.15) is 99.1 Å². The third kappa shape index (κ3) is 4.80. The van der Waals surface area contributed by atoms with Crippen LogP contribution in [0.25, 0.3) is 32.7 Å². The predicted molar refractivity (Wildman–Crippen MR) is 266 cm³/mol. The lowest BCUT2D eigenvalue weighted by Crippen LogP contribution is -2.41. The van der Waals surface area contributed by atoms with Gasteiger partial charge in [0.1, 0.15) is 10.8 Å². The number of fused-ring (bicyclic) bond motifs is 12. The van der Waals surface area contributed by atoms with Gasteiger partial charge in [0.2, 0.25) is 0 Å². The molecule has 5 aliphatic rings. The SMILES string of the molecule is Cc1cc(C)c(C2=C3C=CC(=N3)[C@]3(C(=O)c4cccc5cccc3c45)c3ccc([nH]3)/C(c3c(C)cc(C)cc3C)=C3/C=CC(=N3)[C@@]3(C(=O)c4cccc5cccc3c45)c3ccc2[nH]3)c(C)c1. The van der Waals surface area contributed by atoms with Gasteiger partial charge in [-0.05, 0) is 156 Å². The standard InChI is InChI=1S/C60H44N4O2/c1-31-27-33(3)51(34(4)28-31)55-43-19-23-47(61-43)59(41-17-9-13-37-11-7-15-39(53(37)41)57(59)65)49-25-21-45(63-49)56(52-35(5)29-32(2)30-36(52)6)46-22-26-50(64-46)60(48-24-20-44(55)62-48)42-18-10-14-38-12-8-16-40(54(38)42)58(60)66/h7-30,61,64H,1-6H3/b55-44+,56-45?/t59-,60-/m1/s1. The molecule has 2 aliphatic carbocycles. The van der Waals surface area contributed by atoms with Crippen LogP contribution in [0.2, 0.25) is 0 Å². The molecule has 316 valence electrons. The van der Waals surface area contributed by atoms with Crippen molar-refractivity contribution in [3.05, 3.63) is 247 Å². The molecule has 0 unspecified atom stereocenters. The first-order valence-corrected chi connectivity index (χ1v) is 22.7. The predicted octanol–water partition coefficient (Wildman–Crippen LogP) is 12.7. The van der Waals surface area contributed by atoms with Gasteiger partial charge in [0.25, 0.3) is 0 Å². The van der Waals surface area contributed by atoms with Crippen LogP contribution >= 0.6 is 0 Å². The van der Waals surface area contributed by atoms with Crippen LogP contribution in [0.5, 0.6) is 0 Å². The minimum atomic E-state index is -1.29. The molecule has 3 aliphatic heterocycles. The second-order valence-corrected chi connectivity index (χ2v) is 18.9. The van der Waals surface area contributed by atoms with E-state index < -0.39 is 10.8 Å². The van der Waals surface area contributed by atoms with E-state index in [1.54, 1.807) is 0 Å². The summed E-state index contributed by atoms with van der Waals surface area (Å²) in [6.07, 6.45) is 8.22. The van der Waals surface area contributed by atoms with E-state index in [0.717, 1.165) is 111 Å². The van der Waals surface area contributed by atoms with Gasteiger partial charge in [0.15, 0.2) is 11.6 Å². The van der Waals surface area contributed by atoms with Gasteiger partial charge in [0, 0.05) is 45.0 Å². The highest BCUT2D eigenvalue weighted by atomic mass is 16.1. The number of aromatic amines is 2. The fourth-order valence-electron chi connectivity index (χ4n) is 12.5. The van der Waals surface area contributed by atoms with Gasteiger partial charge in [-0.3, -0.25) is 19.6 Å². The van der Waals surface area contributed by atoms with Crippen molar-refractivity contribution in [1.29, 1.82) is 0 Å². The number of hydrogen-bond acceptors (Lipinski definition) is 4. The fraction of sp³-hybridized carbons (Fsp3) is 0.133. The van der Waals surface area contributed by atoms with Crippen LogP contribution in [-0.2, 0) is 10.8 Å². The minimum absolute atomic E-state index is 0.0201. The van der Waals surface area contributed by atoms with Crippen LogP contribution in [0.15, 0.2) is 167 Å². The maximum atomic E-state index is 15.7. The topological polar surface area (TPSA) is 90.4 Å². The fourth-order valence-corrected chi connectivity index (χ4v) is 12.5. The Balaban J connectivity index is 1.19. The Bertz CT molecular complexity index is 3510. The third-order valence-electron chi connectivity index (χ3n) is 14.9. The van der Waals surface area contributed by atoms with Crippen molar-refractivity contribution < 1.29 is 9.59 Å². The van der Waals surface area contributed by atoms with Gasteiger partial charge in [-0.15, -0.1) is 0 Å². The molecule has 0 amide bonds. The van der Waals surface area contributed by atoms with Crippen molar-refractivity contribution >= 4 is 55.7 Å². The Morgan fingerprint density at radius 2 is 0.818 bits per heavy atom. The van der Waals surface area contributed by atoms with E-state index in [1.807, 2.05) is 36.4 Å². The lowest BCUT2D eigenvalue weighted by atomic mass is 9.73. The maximum Gasteiger partial charge on any atom is 0.186 e. The highest BCUT2D eigenvalue weighted by molar-refractivity contribution is 6.36. The summed E-state index contributed by atoms with van der Waals surface area (Å²) in [5, 5.41) is 3.92. The molecule has 13 rings (SSSR count). The molecule has 6 heteroatoms. The van der Waals surface area contributed by atoms with Crippen LogP contribution in [0.3, 0.4) is 0 Å². The summed E-state index contributed by atoms with van der Waals surface area (Å²) in [5.74, 6) is -0.0402. The molecule has 2 N–H and O–H groups in total. The Morgan fingerprint density at radius 1 is 0.439 bits per heavy atom. The Morgan fingerprint density at radius 3 is 1.21 bits per heavy atom. The summed E-state index contributed by atoms with van der Waals surface area (Å²) in [6.45, 7) is 12.8. The van der Waals surface area contributed by atoms with E-state index in [2.05, 4.69) is 161 Å². The molecule has 0 fully saturated rings. The molecule has 8 bridgehead atoms. The number of rotatable bonds is 2. The monoisotopic (exact) mass is 852 g/mol. The van der Waals surface area contributed by atoms with E-state index in [9.17, 15) is 0 Å². The second kappa shape index (κ2) is 13.3. The zero-order valence-electron chi connectivity index (χ0n) is 37.6. The molecule has 5 heterocycles. The number of nitrogens with zero attached hydrogens (tertiary/aromatic N) is 2. The van der Waals surface area contributed by atoms with Crippen LogP contribution in [-0.4, -0.2) is 33.0 Å². The van der Waals surface area contributed by atoms with E-state index in [1.165, 1.54) is 11.1 Å². The van der Waals surface area contributed by atoms with Gasteiger partial charge in [-0.2, -0.15) is 0 Å². The quantitative estimate of drug-likeness (QED) is 0.181. The summed E-state index contributed by atoms with van der Waals surface area (Å²) in [6, 6.07) is 41.7. The van der Waals surface area contributed by atoms with Gasteiger partial charge >= 0.3 is 0 Å². The number of H-pyrrole nitrogens is 2. The van der Waals surface area contributed by atoms with Crippen molar-refractivity contribution in [2.75, 3.05) is 0 Å². The molecule has 2 atom stereocenters. The highest BCUT2D eigenvalue weighted by Gasteiger charge is 2.55. The Hall–Kier alpha value is -7.96. The van der Waals surface area contributed by atoms with Crippen molar-refractivity contribution in [2.45, 2.75) is 52.4 Å². The number of nitrogens with one attached hydrogen (secondary N) is 2. The average Bonchev–Trinajstić information content (AvgIpc) is 4.17. The van der Waals surface area contributed by atoms with E-state index in [0.29, 0.717) is 22.6 Å². The molecular weight excluding hydrogens is 809 g/mol. The second-order valence-electron chi connectivity index (χ2n) is 18.9. The first kappa shape index (κ1) is 38.5. The van der Waals surface area contributed by atoms with Crippen molar-refractivity contribution in [1.82, 2.24) is 9.97 Å². The molecule has 66 heavy (non-hydrogen) atoms. The zero-order valence-corrected chi connectivity index (χ0v) is 37.6. The zero-order chi connectivity index (χ0) is 45.0. The number of carbonyl (C=O) groups excluding carboxylic acids is 2. The summed E-state index contributed by atoms with van der Waals surface area (Å²) in [4.78, 5) is 50.5. The lowest BCUT2D eigenvalue weighted by Gasteiger charge is -2.29. The number of ketones is 2. The molecular formula is C60H44N4O2. The van der Waals surface area contributed by atoms with E-state index in [-0.39, 0.29) is 11.6 Å². The number of allylic oxidation sites excluding steroid dienone is 4. The molecule has 0 radical (unpaired) electrons. The normalized spacial score (nSPS) is 21.2. The van der Waals surface area contributed by atoms with Crippen molar-refractivity contribution in [3.63, 3.8) is 0 Å². The molecule has 2 aromatic heterocycles. The number of aromatic nitrogens is 2. The maximum absolute atomic E-state index is 15.7. The molecule has 0 saturated heterocycles. The highest BCUT2D eigenvalue weighted by Crippen LogP contribution is 2.53. The number of Topliss-reactive ketones (excluding diaryl/α,β-unsaturated/α-hetero) is 2. The van der Waals surface area contributed by atoms with Crippen LogP contribution in [0, 0.1) is 41.5 Å². The van der Waals surface area contributed by atoms with Crippen molar-refractivity contribution in [3.8, 4) is 0 Å². The Kier molecular flexibility index (Phi) is 7.76. The smallest absolute Gasteiger partial charge is 0.186 e. The van der Waals surface area contributed by atoms with Crippen LogP contribution < -0.4 is 0 Å². The van der Waals surface area contributed by atoms with Crippen LogP contribution in [0.4, 0.5) is 0 Å². The number of carbonyl (C=O) groups is 2. The summed E-state index contributed by atoms with van der Waals surface area (Å²) < 4.78 is 0. The minimum Gasteiger partial charge on any atom is -0.357 e. The Labute approximate surface area is 382 Å². The van der Waals surface area contributed by atoms with E-state index >= 15 is 9.59 Å². The third-order valence-corrected chi connectivity index (χ3v) is 14.9. The van der Waals surface area contributed by atoms with Gasteiger partial charge in [0.05, 0.1) is 22.8 Å². The molecule has 0 saturated carbocycles.